The Balaban J connectivity index is 2.57. The highest BCUT2D eigenvalue weighted by Crippen LogP contribution is 2.21. The van der Waals surface area contributed by atoms with Gasteiger partial charge in [0.2, 0.25) is 0 Å². The van der Waals surface area contributed by atoms with Crippen molar-refractivity contribution in [3.8, 4) is 0 Å². The first-order valence-electron chi connectivity index (χ1n) is 5.27. The number of alkyl halides is 3. The molecule has 0 aliphatic heterocycles. The van der Waals surface area contributed by atoms with Crippen LogP contribution >= 0.6 is 0 Å². The van der Waals surface area contributed by atoms with Gasteiger partial charge < -0.3 is 9.52 Å². The van der Waals surface area contributed by atoms with Crippen LogP contribution in [-0.2, 0) is 6.54 Å². The lowest BCUT2D eigenvalue weighted by molar-refractivity contribution is -0.137. The molecule has 1 aromatic rings. The number of furan rings is 1. The maximum absolute atomic E-state index is 12.0. The van der Waals surface area contributed by atoms with Crippen molar-refractivity contribution in [1.82, 2.24) is 4.90 Å². The maximum Gasteiger partial charge on any atom is 0.390 e. The molecule has 1 aromatic heterocycles. The lowest BCUT2D eigenvalue weighted by Gasteiger charge is -2.16. The van der Waals surface area contributed by atoms with Crippen molar-refractivity contribution in [3.05, 3.63) is 23.2 Å². The number of aryl methyl sites for hydroxylation is 1. The van der Waals surface area contributed by atoms with E-state index in [1.807, 2.05) is 0 Å². The van der Waals surface area contributed by atoms with Crippen molar-refractivity contribution in [2.75, 3.05) is 13.6 Å². The van der Waals surface area contributed by atoms with Crippen molar-refractivity contribution in [2.45, 2.75) is 26.1 Å². The normalized spacial score (nSPS) is 12.1. The van der Waals surface area contributed by atoms with Crippen molar-refractivity contribution >= 4 is 5.97 Å². The number of carboxylic acid groups (broad SMARTS) is 1. The molecule has 0 aliphatic rings. The Kier molecular flexibility index (Phi) is 4.39. The molecule has 0 aromatic carbocycles. The molecular formula is C11H14F3NO3. The summed E-state index contributed by atoms with van der Waals surface area (Å²) in [7, 11) is 1.52. The molecule has 18 heavy (non-hydrogen) atoms. The molecule has 0 amide bonds. The highest BCUT2D eigenvalue weighted by atomic mass is 19.4. The van der Waals surface area contributed by atoms with Gasteiger partial charge in [0, 0.05) is 6.54 Å². The minimum absolute atomic E-state index is 0.0363. The highest BCUT2D eigenvalue weighted by molar-refractivity contribution is 5.88. The molecule has 102 valence electrons. The van der Waals surface area contributed by atoms with E-state index in [0.717, 1.165) is 0 Å². The molecule has 0 saturated heterocycles. The first kappa shape index (κ1) is 14.6. The van der Waals surface area contributed by atoms with Gasteiger partial charge in [-0.3, -0.25) is 4.90 Å². The van der Waals surface area contributed by atoms with Crippen LogP contribution < -0.4 is 0 Å². The molecule has 0 radical (unpaired) electrons. The Morgan fingerprint density at radius 2 is 2.11 bits per heavy atom. The van der Waals surface area contributed by atoms with Crippen molar-refractivity contribution < 1.29 is 27.5 Å². The molecule has 0 spiro atoms. The van der Waals surface area contributed by atoms with E-state index in [-0.39, 0.29) is 24.4 Å². The van der Waals surface area contributed by atoms with E-state index in [9.17, 15) is 18.0 Å². The van der Waals surface area contributed by atoms with E-state index in [0.29, 0.717) is 5.76 Å². The van der Waals surface area contributed by atoms with Gasteiger partial charge in [-0.05, 0) is 20.0 Å². The summed E-state index contributed by atoms with van der Waals surface area (Å²) in [6.45, 7) is 1.48. The van der Waals surface area contributed by atoms with Crippen LogP contribution in [0.25, 0.3) is 0 Å². The Morgan fingerprint density at radius 1 is 1.50 bits per heavy atom. The first-order chi connectivity index (χ1) is 8.19. The number of hydrogen-bond donors (Lipinski definition) is 1. The van der Waals surface area contributed by atoms with Crippen LogP contribution in [0.4, 0.5) is 13.2 Å². The summed E-state index contributed by atoms with van der Waals surface area (Å²) in [6, 6.07) is 1.34. The summed E-state index contributed by atoms with van der Waals surface area (Å²) >= 11 is 0. The third-order valence-electron chi connectivity index (χ3n) is 2.40. The zero-order valence-electron chi connectivity index (χ0n) is 10.0. The summed E-state index contributed by atoms with van der Waals surface area (Å²) in [6.07, 6.45) is -5.10. The van der Waals surface area contributed by atoms with Crippen LogP contribution in [-0.4, -0.2) is 35.7 Å². The van der Waals surface area contributed by atoms with Crippen molar-refractivity contribution in [1.29, 1.82) is 0 Å². The Labute approximate surface area is 102 Å². The second-order valence-corrected chi connectivity index (χ2v) is 4.09. The monoisotopic (exact) mass is 265 g/mol. The predicted molar refractivity (Wildman–Crippen MR) is 57.4 cm³/mol. The van der Waals surface area contributed by atoms with Crippen LogP contribution in [0.2, 0.25) is 0 Å². The minimum Gasteiger partial charge on any atom is -0.478 e. The number of halogens is 3. The van der Waals surface area contributed by atoms with E-state index in [1.54, 1.807) is 0 Å². The van der Waals surface area contributed by atoms with Crippen LogP contribution in [0.5, 0.6) is 0 Å². The minimum atomic E-state index is -4.19. The average Bonchev–Trinajstić information content (AvgIpc) is 2.55. The molecule has 0 fully saturated rings. The van der Waals surface area contributed by atoms with Crippen molar-refractivity contribution in [3.63, 3.8) is 0 Å². The van der Waals surface area contributed by atoms with Crippen molar-refractivity contribution in [2.24, 2.45) is 0 Å². The third kappa shape index (κ3) is 4.40. The van der Waals surface area contributed by atoms with E-state index in [1.165, 1.54) is 24.9 Å². The molecule has 1 rings (SSSR count). The zero-order chi connectivity index (χ0) is 13.9. The second-order valence-electron chi connectivity index (χ2n) is 4.09. The summed E-state index contributed by atoms with van der Waals surface area (Å²) in [5.41, 5.74) is 0.0363. The van der Waals surface area contributed by atoms with Gasteiger partial charge in [-0.15, -0.1) is 0 Å². The lowest BCUT2D eigenvalue weighted by Crippen LogP contribution is -2.23. The number of carbonyl (C=O) groups is 1. The Morgan fingerprint density at radius 3 is 2.56 bits per heavy atom. The zero-order valence-corrected chi connectivity index (χ0v) is 10.0. The number of carboxylic acids is 1. The van der Waals surface area contributed by atoms with Gasteiger partial charge in [0.25, 0.3) is 0 Å². The molecular weight excluding hydrogens is 251 g/mol. The molecule has 0 atom stereocenters. The second kappa shape index (κ2) is 5.43. The van der Waals surface area contributed by atoms with E-state index >= 15 is 0 Å². The highest BCUT2D eigenvalue weighted by Gasteiger charge is 2.27. The fourth-order valence-electron chi connectivity index (χ4n) is 1.50. The SMILES string of the molecule is Cc1oc(CN(C)CCC(F)(F)F)cc1C(=O)O. The van der Waals surface area contributed by atoms with Gasteiger partial charge in [0.05, 0.1) is 13.0 Å². The summed E-state index contributed by atoms with van der Waals surface area (Å²) in [4.78, 5) is 12.2. The van der Waals surface area contributed by atoms with Gasteiger partial charge in [0.1, 0.15) is 17.1 Å². The molecule has 0 aliphatic carbocycles. The fraction of sp³-hybridized carbons (Fsp3) is 0.545. The lowest BCUT2D eigenvalue weighted by atomic mass is 10.2. The predicted octanol–water partition coefficient (Wildman–Crippen LogP) is 2.67. The standard InChI is InChI=1S/C11H14F3NO3/c1-7-9(10(16)17)5-8(18-7)6-15(2)4-3-11(12,13)14/h5H,3-4,6H2,1-2H3,(H,16,17). The molecule has 0 unspecified atom stereocenters. The quantitative estimate of drug-likeness (QED) is 0.889. The van der Waals surface area contributed by atoms with Crippen LogP contribution in [0.3, 0.4) is 0 Å². The Hall–Kier alpha value is -1.50. The number of nitrogens with zero attached hydrogens (tertiary/aromatic N) is 1. The number of hydrogen-bond acceptors (Lipinski definition) is 3. The van der Waals surface area contributed by atoms with E-state index < -0.39 is 18.6 Å². The summed E-state index contributed by atoms with van der Waals surface area (Å²) in [5.74, 6) is -0.517. The maximum atomic E-state index is 12.0. The summed E-state index contributed by atoms with van der Waals surface area (Å²) < 4.78 is 41.2. The molecule has 4 nitrogen and oxygen atoms in total. The number of rotatable bonds is 5. The summed E-state index contributed by atoms with van der Waals surface area (Å²) in [5, 5.41) is 8.80. The molecule has 7 heteroatoms. The first-order valence-corrected chi connectivity index (χ1v) is 5.27. The van der Waals surface area contributed by atoms with Crippen LogP contribution in [0, 0.1) is 6.92 Å². The van der Waals surface area contributed by atoms with Gasteiger partial charge in [-0.2, -0.15) is 13.2 Å². The van der Waals surface area contributed by atoms with Crippen LogP contribution in [0.15, 0.2) is 10.5 Å². The molecule has 1 heterocycles. The number of aromatic carboxylic acids is 1. The van der Waals surface area contributed by atoms with Gasteiger partial charge in [-0.25, -0.2) is 4.79 Å². The topological polar surface area (TPSA) is 53.7 Å². The van der Waals surface area contributed by atoms with Crippen LogP contribution in [0.1, 0.15) is 28.3 Å². The largest absolute Gasteiger partial charge is 0.478 e. The molecule has 1 N–H and O–H groups in total. The van der Waals surface area contributed by atoms with E-state index in [4.69, 9.17) is 9.52 Å². The molecule has 0 saturated carbocycles. The van der Waals surface area contributed by atoms with E-state index in [2.05, 4.69) is 0 Å². The fourth-order valence-corrected chi connectivity index (χ4v) is 1.50. The average molecular weight is 265 g/mol. The van der Waals surface area contributed by atoms with Gasteiger partial charge in [-0.1, -0.05) is 0 Å². The molecule has 0 bridgehead atoms. The van der Waals surface area contributed by atoms with Gasteiger partial charge >= 0.3 is 12.1 Å². The van der Waals surface area contributed by atoms with Gasteiger partial charge in [0.15, 0.2) is 0 Å². The smallest absolute Gasteiger partial charge is 0.390 e. The third-order valence-corrected chi connectivity index (χ3v) is 2.40. The Bertz CT molecular complexity index is 426.